The number of nitrogens with zero attached hydrogens (tertiary/aromatic N) is 3. The van der Waals surface area contributed by atoms with Crippen molar-refractivity contribution >= 4 is 0 Å². The predicted octanol–water partition coefficient (Wildman–Crippen LogP) is 0.678. The molecule has 1 saturated heterocycles. The summed E-state index contributed by atoms with van der Waals surface area (Å²) in [5.41, 5.74) is 7.72. The second-order valence-electron chi connectivity index (χ2n) is 4.53. The quantitative estimate of drug-likeness (QED) is 0.832. The van der Waals surface area contributed by atoms with E-state index in [0.29, 0.717) is 6.54 Å². The Kier molecular flexibility index (Phi) is 4.48. The molecule has 4 heteroatoms. The smallest absolute Gasteiger partial charge is 0.0547 e. The van der Waals surface area contributed by atoms with Crippen LogP contribution in [0.25, 0.3) is 0 Å². The predicted molar refractivity (Wildman–Crippen MR) is 69.5 cm³/mol. The van der Waals surface area contributed by atoms with Gasteiger partial charge in [-0.15, -0.1) is 0 Å². The van der Waals surface area contributed by atoms with Crippen molar-refractivity contribution in [3.05, 3.63) is 29.6 Å². The largest absolute Gasteiger partial charge is 0.325 e. The first-order valence-corrected chi connectivity index (χ1v) is 6.41. The molecule has 0 spiro atoms. The van der Waals surface area contributed by atoms with Gasteiger partial charge >= 0.3 is 0 Å². The van der Waals surface area contributed by atoms with E-state index in [-0.39, 0.29) is 0 Å². The average molecular weight is 234 g/mol. The van der Waals surface area contributed by atoms with Crippen LogP contribution in [0.15, 0.2) is 18.2 Å². The maximum Gasteiger partial charge on any atom is 0.0547 e. The molecule has 2 N–H and O–H groups in total. The highest BCUT2D eigenvalue weighted by molar-refractivity contribution is 5.11. The van der Waals surface area contributed by atoms with Crippen molar-refractivity contribution < 1.29 is 0 Å². The van der Waals surface area contributed by atoms with E-state index in [4.69, 9.17) is 5.73 Å². The summed E-state index contributed by atoms with van der Waals surface area (Å²) >= 11 is 0. The molecule has 0 unspecified atom stereocenters. The first kappa shape index (κ1) is 12.5. The number of hydrogen-bond acceptors (Lipinski definition) is 4. The number of piperazine rings is 1. The number of likely N-dealkylation sites (N-methyl/N-ethyl adjacent to an activating group) is 1. The highest BCUT2D eigenvalue weighted by Crippen LogP contribution is 2.07. The third kappa shape index (κ3) is 3.49. The lowest BCUT2D eigenvalue weighted by Gasteiger charge is -2.33. The molecular weight excluding hydrogens is 212 g/mol. The van der Waals surface area contributed by atoms with Crippen molar-refractivity contribution in [3.8, 4) is 0 Å². The van der Waals surface area contributed by atoms with Gasteiger partial charge < -0.3 is 10.6 Å². The molecule has 1 aromatic heterocycles. The van der Waals surface area contributed by atoms with Gasteiger partial charge in [0.2, 0.25) is 0 Å². The van der Waals surface area contributed by atoms with Crippen LogP contribution in [0.5, 0.6) is 0 Å². The lowest BCUT2D eigenvalue weighted by Crippen LogP contribution is -2.45. The Hall–Kier alpha value is -0.970. The van der Waals surface area contributed by atoms with E-state index in [1.54, 1.807) is 0 Å². The zero-order valence-electron chi connectivity index (χ0n) is 10.6. The van der Waals surface area contributed by atoms with Crippen LogP contribution >= 0.6 is 0 Å². The fourth-order valence-corrected chi connectivity index (χ4v) is 2.22. The van der Waals surface area contributed by atoms with E-state index in [2.05, 4.69) is 27.8 Å². The van der Waals surface area contributed by atoms with E-state index in [0.717, 1.165) is 37.6 Å². The third-order valence-corrected chi connectivity index (χ3v) is 3.37. The molecule has 17 heavy (non-hydrogen) atoms. The molecule has 2 heterocycles. The van der Waals surface area contributed by atoms with Gasteiger partial charge in [0, 0.05) is 39.3 Å². The molecule has 0 aromatic carbocycles. The number of nitrogens with two attached hydrogens (primary N) is 1. The molecule has 0 bridgehead atoms. The Labute approximate surface area is 103 Å². The molecular formula is C13H22N4. The van der Waals surface area contributed by atoms with Crippen molar-refractivity contribution in [1.29, 1.82) is 0 Å². The van der Waals surface area contributed by atoms with Gasteiger partial charge in [-0.2, -0.15) is 0 Å². The summed E-state index contributed by atoms with van der Waals surface area (Å²) in [4.78, 5) is 9.50. The van der Waals surface area contributed by atoms with Crippen LogP contribution in [0.1, 0.15) is 18.3 Å². The maximum atomic E-state index is 5.61. The molecule has 0 radical (unpaired) electrons. The van der Waals surface area contributed by atoms with Crippen LogP contribution in [-0.2, 0) is 13.1 Å². The lowest BCUT2D eigenvalue weighted by atomic mass is 10.2. The highest BCUT2D eigenvalue weighted by atomic mass is 15.3. The second kappa shape index (κ2) is 6.10. The first-order valence-electron chi connectivity index (χ1n) is 6.41. The highest BCUT2D eigenvalue weighted by Gasteiger charge is 2.15. The van der Waals surface area contributed by atoms with Gasteiger partial charge in [0.15, 0.2) is 0 Å². The van der Waals surface area contributed by atoms with Crippen LogP contribution in [-0.4, -0.2) is 47.5 Å². The van der Waals surface area contributed by atoms with Crippen LogP contribution in [0, 0.1) is 0 Å². The van der Waals surface area contributed by atoms with Gasteiger partial charge in [0.25, 0.3) is 0 Å². The molecule has 1 aromatic rings. The van der Waals surface area contributed by atoms with Crippen molar-refractivity contribution in [1.82, 2.24) is 14.8 Å². The molecule has 0 amide bonds. The number of aromatic nitrogens is 1. The zero-order valence-corrected chi connectivity index (χ0v) is 10.6. The molecule has 1 fully saturated rings. The minimum Gasteiger partial charge on any atom is -0.325 e. The van der Waals surface area contributed by atoms with Gasteiger partial charge in [-0.25, -0.2) is 0 Å². The summed E-state index contributed by atoms with van der Waals surface area (Å²) in [7, 11) is 0. The fourth-order valence-electron chi connectivity index (χ4n) is 2.22. The summed E-state index contributed by atoms with van der Waals surface area (Å²) in [6.07, 6.45) is 0. The Balaban J connectivity index is 1.88. The van der Waals surface area contributed by atoms with E-state index in [1.165, 1.54) is 13.1 Å². The standard InChI is InChI=1S/C13H22N4/c1-2-16-6-8-17(9-7-16)11-13-5-3-4-12(10-14)15-13/h3-5H,2,6-11,14H2,1H3. The molecule has 94 valence electrons. The van der Waals surface area contributed by atoms with Crippen LogP contribution in [0.3, 0.4) is 0 Å². The zero-order chi connectivity index (χ0) is 12.1. The summed E-state index contributed by atoms with van der Waals surface area (Å²) in [6.45, 7) is 9.49. The molecule has 2 rings (SSSR count). The maximum absolute atomic E-state index is 5.61. The molecule has 4 nitrogen and oxygen atoms in total. The summed E-state index contributed by atoms with van der Waals surface area (Å²) < 4.78 is 0. The topological polar surface area (TPSA) is 45.4 Å². The average Bonchev–Trinajstić information content (AvgIpc) is 2.40. The number of pyridine rings is 1. The van der Waals surface area contributed by atoms with Crippen LogP contribution in [0.2, 0.25) is 0 Å². The van der Waals surface area contributed by atoms with Gasteiger partial charge in [-0.05, 0) is 18.7 Å². The van der Waals surface area contributed by atoms with E-state index in [1.807, 2.05) is 12.1 Å². The van der Waals surface area contributed by atoms with Crippen molar-refractivity contribution in [2.24, 2.45) is 5.73 Å². The normalized spacial score (nSPS) is 18.5. The first-order chi connectivity index (χ1) is 8.31. The van der Waals surface area contributed by atoms with Crippen molar-refractivity contribution in [3.63, 3.8) is 0 Å². The van der Waals surface area contributed by atoms with Gasteiger partial charge in [0.05, 0.1) is 11.4 Å². The van der Waals surface area contributed by atoms with Gasteiger partial charge in [0.1, 0.15) is 0 Å². The van der Waals surface area contributed by atoms with E-state index in [9.17, 15) is 0 Å². The molecule has 1 aliphatic heterocycles. The number of rotatable bonds is 4. The Morgan fingerprint density at radius 1 is 1.12 bits per heavy atom. The van der Waals surface area contributed by atoms with Crippen molar-refractivity contribution in [2.45, 2.75) is 20.0 Å². The fraction of sp³-hybridized carbons (Fsp3) is 0.615. The molecule has 1 aliphatic rings. The molecule has 0 aliphatic carbocycles. The monoisotopic (exact) mass is 234 g/mol. The molecule has 0 saturated carbocycles. The van der Waals surface area contributed by atoms with Crippen LogP contribution < -0.4 is 5.73 Å². The summed E-state index contributed by atoms with van der Waals surface area (Å²) in [5.74, 6) is 0. The molecule has 0 atom stereocenters. The van der Waals surface area contributed by atoms with Gasteiger partial charge in [-0.3, -0.25) is 9.88 Å². The Morgan fingerprint density at radius 3 is 2.41 bits per heavy atom. The van der Waals surface area contributed by atoms with Crippen LogP contribution in [0.4, 0.5) is 0 Å². The minimum absolute atomic E-state index is 0.525. The van der Waals surface area contributed by atoms with Crippen molar-refractivity contribution in [2.75, 3.05) is 32.7 Å². The van der Waals surface area contributed by atoms with Gasteiger partial charge in [-0.1, -0.05) is 13.0 Å². The summed E-state index contributed by atoms with van der Waals surface area (Å²) in [5, 5.41) is 0. The Bertz CT molecular complexity index is 345. The number of hydrogen-bond donors (Lipinski definition) is 1. The summed E-state index contributed by atoms with van der Waals surface area (Å²) in [6, 6.07) is 6.12. The lowest BCUT2D eigenvalue weighted by molar-refractivity contribution is 0.131. The van der Waals surface area contributed by atoms with E-state index < -0.39 is 0 Å². The third-order valence-electron chi connectivity index (χ3n) is 3.37. The Morgan fingerprint density at radius 2 is 1.76 bits per heavy atom. The SMILES string of the molecule is CCN1CCN(Cc2cccc(CN)n2)CC1. The minimum atomic E-state index is 0.525. The second-order valence-corrected chi connectivity index (χ2v) is 4.53. The van der Waals surface area contributed by atoms with E-state index >= 15 is 0 Å².